The average Bonchev–Trinajstić information content (AvgIpc) is 2.34. The number of rotatable bonds is 0. The number of halogens is 1. The molecule has 0 spiro atoms. The summed E-state index contributed by atoms with van der Waals surface area (Å²) in [7, 11) is 0. The van der Waals surface area contributed by atoms with Crippen LogP contribution in [0.2, 0.25) is 0 Å². The number of fused-ring (bicyclic) bond motifs is 1. The van der Waals surface area contributed by atoms with E-state index in [1.807, 2.05) is 11.8 Å². The molecule has 1 aromatic rings. The second-order valence-electron chi connectivity index (χ2n) is 2.33. The maximum absolute atomic E-state index is 3.60. The molecule has 0 nitrogen and oxygen atoms in total. The minimum atomic E-state index is 0.531. The Hall–Kier alpha value is 0.0500. The Morgan fingerprint density at radius 3 is 3.00 bits per heavy atom. The van der Waals surface area contributed by atoms with Crippen LogP contribution in [0.3, 0.4) is 0 Å². The predicted molar refractivity (Wildman–Crippen MR) is 49.4 cm³/mol. The standard InChI is InChI=1S/C8H7BrS/c9-8-7-4-2-1-3-6(7)5-10-8/h1-4,8H,5H2. The van der Waals surface area contributed by atoms with E-state index in [2.05, 4.69) is 40.2 Å². The van der Waals surface area contributed by atoms with Crippen LogP contribution >= 0.6 is 27.7 Å². The van der Waals surface area contributed by atoms with Gasteiger partial charge in [0.1, 0.15) is 0 Å². The summed E-state index contributed by atoms with van der Waals surface area (Å²) in [5.41, 5.74) is 2.93. The summed E-state index contributed by atoms with van der Waals surface area (Å²) in [6, 6.07) is 8.59. The lowest BCUT2D eigenvalue weighted by Gasteiger charge is -1.98. The third kappa shape index (κ3) is 0.995. The molecule has 10 heavy (non-hydrogen) atoms. The maximum Gasteiger partial charge on any atom is 0.0855 e. The molecule has 1 aromatic carbocycles. The van der Waals surface area contributed by atoms with Crippen molar-refractivity contribution in [3.8, 4) is 0 Å². The van der Waals surface area contributed by atoms with E-state index < -0.39 is 0 Å². The molecule has 0 N–H and O–H groups in total. The van der Waals surface area contributed by atoms with Crippen LogP contribution in [0.4, 0.5) is 0 Å². The van der Waals surface area contributed by atoms with Gasteiger partial charge in [-0.25, -0.2) is 0 Å². The van der Waals surface area contributed by atoms with Crippen molar-refractivity contribution in [2.24, 2.45) is 0 Å². The third-order valence-electron chi connectivity index (χ3n) is 1.68. The van der Waals surface area contributed by atoms with Gasteiger partial charge in [-0.05, 0) is 11.1 Å². The molecule has 1 heterocycles. The second kappa shape index (κ2) is 2.59. The van der Waals surface area contributed by atoms with Crippen molar-refractivity contribution in [2.75, 3.05) is 0 Å². The van der Waals surface area contributed by atoms with Gasteiger partial charge in [-0.2, -0.15) is 0 Å². The van der Waals surface area contributed by atoms with Gasteiger partial charge in [-0.3, -0.25) is 0 Å². The fourth-order valence-corrected chi connectivity index (χ4v) is 2.98. The zero-order valence-electron chi connectivity index (χ0n) is 5.38. The molecule has 2 rings (SSSR count). The van der Waals surface area contributed by atoms with E-state index in [1.165, 1.54) is 11.1 Å². The number of hydrogen-bond donors (Lipinski definition) is 0. The first-order chi connectivity index (χ1) is 4.88. The van der Waals surface area contributed by atoms with Crippen molar-refractivity contribution in [1.29, 1.82) is 0 Å². The molecule has 0 saturated carbocycles. The molecule has 1 aliphatic rings. The maximum atomic E-state index is 3.60. The SMILES string of the molecule is BrC1SCc2ccccc21. The van der Waals surface area contributed by atoms with Crippen molar-refractivity contribution in [1.82, 2.24) is 0 Å². The Morgan fingerprint density at radius 2 is 2.20 bits per heavy atom. The highest BCUT2D eigenvalue weighted by Gasteiger charge is 2.18. The molecular weight excluding hydrogens is 208 g/mol. The number of alkyl halides is 1. The van der Waals surface area contributed by atoms with Gasteiger partial charge < -0.3 is 0 Å². The highest BCUT2D eigenvalue weighted by molar-refractivity contribution is 9.11. The van der Waals surface area contributed by atoms with Crippen molar-refractivity contribution >= 4 is 27.7 Å². The van der Waals surface area contributed by atoms with Gasteiger partial charge in [0.05, 0.1) is 4.16 Å². The Kier molecular flexibility index (Phi) is 1.75. The van der Waals surface area contributed by atoms with E-state index in [-0.39, 0.29) is 0 Å². The van der Waals surface area contributed by atoms with Crippen molar-refractivity contribution in [3.05, 3.63) is 35.4 Å². The van der Waals surface area contributed by atoms with Crippen LogP contribution in [0.25, 0.3) is 0 Å². The molecule has 0 aromatic heterocycles. The van der Waals surface area contributed by atoms with E-state index in [9.17, 15) is 0 Å². The third-order valence-corrected chi connectivity index (χ3v) is 4.00. The van der Waals surface area contributed by atoms with E-state index in [0.29, 0.717) is 4.16 Å². The summed E-state index contributed by atoms with van der Waals surface area (Å²) < 4.78 is 0.531. The minimum absolute atomic E-state index is 0.531. The Balaban J connectivity index is 2.51. The van der Waals surface area contributed by atoms with Crippen LogP contribution in [0.1, 0.15) is 15.3 Å². The van der Waals surface area contributed by atoms with Gasteiger partial charge in [0.15, 0.2) is 0 Å². The number of hydrogen-bond acceptors (Lipinski definition) is 1. The van der Waals surface area contributed by atoms with Gasteiger partial charge in [0, 0.05) is 5.75 Å². The molecule has 52 valence electrons. The molecule has 0 amide bonds. The Bertz CT molecular complexity index is 247. The van der Waals surface area contributed by atoms with E-state index in [0.717, 1.165) is 5.75 Å². The van der Waals surface area contributed by atoms with E-state index in [1.54, 1.807) is 0 Å². The molecule has 0 saturated heterocycles. The summed E-state index contributed by atoms with van der Waals surface area (Å²) in [5, 5.41) is 0. The zero-order valence-corrected chi connectivity index (χ0v) is 7.78. The highest BCUT2D eigenvalue weighted by Crippen LogP contribution is 2.45. The minimum Gasteiger partial charge on any atom is -0.137 e. The summed E-state index contributed by atoms with van der Waals surface area (Å²) in [6.45, 7) is 0. The van der Waals surface area contributed by atoms with Crippen LogP contribution in [-0.4, -0.2) is 0 Å². The molecule has 0 radical (unpaired) electrons. The van der Waals surface area contributed by atoms with Crippen molar-refractivity contribution < 1.29 is 0 Å². The smallest absolute Gasteiger partial charge is 0.0855 e. The van der Waals surface area contributed by atoms with Crippen LogP contribution in [-0.2, 0) is 5.75 Å². The molecule has 1 unspecified atom stereocenters. The fourth-order valence-electron chi connectivity index (χ4n) is 1.14. The first-order valence-corrected chi connectivity index (χ1v) is 5.18. The number of benzene rings is 1. The van der Waals surface area contributed by atoms with Gasteiger partial charge in [0.25, 0.3) is 0 Å². The van der Waals surface area contributed by atoms with Gasteiger partial charge in [0.2, 0.25) is 0 Å². The molecule has 0 fully saturated rings. The van der Waals surface area contributed by atoms with E-state index in [4.69, 9.17) is 0 Å². The Labute approximate surface area is 73.1 Å². The monoisotopic (exact) mass is 214 g/mol. The highest BCUT2D eigenvalue weighted by atomic mass is 79.9. The van der Waals surface area contributed by atoms with Crippen LogP contribution in [0.5, 0.6) is 0 Å². The first-order valence-electron chi connectivity index (χ1n) is 3.21. The Morgan fingerprint density at radius 1 is 1.40 bits per heavy atom. The summed E-state index contributed by atoms with van der Waals surface area (Å²) >= 11 is 5.54. The quantitative estimate of drug-likeness (QED) is 0.598. The summed E-state index contributed by atoms with van der Waals surface area (Å²) in [4.78, 5) is 0. The van der Waals surface area contributed by atoms with Crippen LogP contribution in [0.15, 0.2) is 24.3 Å². The topological polar surface area (TPSA) is 0 Å². The first kappa shape index (κ1) is 6.74. The van der Waals surface area contributed by atoms with Gasteiger partial charge >= 0.3 is 0 Å². The molecule has 1 atom stereocenters. The fraction of sp³-hybridized carbons (Fsp3) is 0.250. The average molecular weight is 215 g/mol. The van der Waals surface area contributed by atoms with Crippen molar-refractivity contribution in [2.45, 2.75) is 9.91 Å². The zero-order chi connectivity index (χ0) is 6.97. The molecule has 0 bridgehead atoms. The van der Waals surface area contributed by atoms with Crippen LogP contribution in [0, 0.1) is 0 Å². The van der Waals surface area contributed by atoms with Crippen LogP contribution < -0.4 is 0 Å². The number of thioether (sulfide) groups is 1. The second-order valence-corrected chi connectivity index (χ2v) is 4.94. The lowest BCUT2D eigenvalue weighted by Crippen LogP contribution is -1.79. The molecule has 1 aliphatic heterocycles. The van der Waals surface area contributed by atoms with Crippen molar-refractivity contribution in [3.63, 3.8) is 0 Å². The summed E-state index contributed by atoms with van der Waals surface area (Å²) in [6.07, 6.45) is 0. The summed E-state index contributed by atoms with van der Waals surface area (Å²) in [5.74, 6) is 1.16. The van der Waals surface area contributed by atoms with Gasteiger partial charge in [-0.1, -0.05) is 40.2 Å². The van der Waals surface area contributed by atoms with E-state index >= 15 is 0 Å². The molecule has 2 heteroatoms. The normalized spacial score (nSPS) is 22.7. The molecule has 0 aliphatic carbocycles. The lowest BCUT2D eigenvalue weighted by molar-refractivity contribution is 1.34. The largest absolute Gasteiger partial charge is 0.137 e. The lowest BCUT2D eigenvalue weighted by atomic mass is 10.1. The van der Waals surface area contributed by atoms with Gasteiger partial charge in [-0.15, -0.1) is 11.8 Å². The molecular formula is C8H7BrS. The predicted octanol–water partition coefficient (Wildman–Crippen LogP) is 3.33.